The van der Waals surface area contributed by atoms with Crippen LogP contribution in [0.4, 0.5) is 0 Å². The molecule has 6 nitrogen and oxygen atoms in total. The zero-order chi connectivity index (χ0) is 25.9. The van der Waals surface area contributed by atoms with E-state index < -0.39 is 0 Å². The first-order chi connectivity index (χ1) is 18.0. The van der Waals surface area contributed by atoms with E-state index in [1.165, 1.54) is 11.8 Å². The first-order valence-electron chi connectivity index (χ1n) is 11.7. The number of thioether (sulfide) groups is 1. The summed E-state index contributed by atoms with van der Waals surface area (Å²) in [6, 6.07) is 25.2. The fraction of sp³-hybridized carbons (Fsp3) is 0.138. The Morgan fingerprint density at radius 2 is 1.62 bits per heavy atom. The Morgan fingerprint density at radius 3 is 2.30 bits per heavy atom. The summed E-state index contributed by atoms with van der Waals surface area (Å²) in [5.74, 6) is 1.12. The van der Waals surface area contributed by atoms with E-state index in [4.69, 9.17) is 26.8 Å². The summed E-state index contributed by atoms with van der Waals surface area (Å²) in [6.45, 7) is 1.99. The van der Waals surface area contributed by atoms with E-state index in [-0.39, 0.29) is 11.9 Å². The number of carbonyl (C=O) groups is 1. The number of amides is 1. The third-order valence-corrected chi connectivity index (χ3v) is 7.53. The van der Waals surface area contributed by atoms with Crippen molar-refractivity contribution in [3.8, 4) is 28.4 Å². The summed E-state index contributed by atoms with van der Waals surface area (Å²) >= 11 is 6.94. The van der Waals surface area contributed by atoms with Crippen LogP contribution in [0.15, 0.2) is 90.0 Å². The number of aromatic nitrogens is 2. The molecule has 1 aromatic heterocycles. The Morgan fingerprint density at radius 1 is 0.946 bits per heavy atom. The fourth-order valence-electron chi connectivity index (χ4n) is 4.25. The molecule has 2 heterocycles. The molecule has 8 heteroatoms. The van der Waals surface area contributed by atoms with Gasteiger partial charge in [0.05, 0.1) is 30.9 Å². The predicted octanol–water partition coefficient (Wildman–Crippen LogP) is 6.52. The zero-order valence-corrected chi connectivity index (χ0v) is 22.3. The summed E-state index contributed by atoms with van der Waals surface area (Å²) in [7, 11) is 3.20. The van der Waals surface area contributed by atoms with Crippen molar-refractivity contribution in [3.05, 3.63) is 101 Å². The molecule has 1 fully saturated rings. The number of ether oxygens (including phenoxy) is 2. The Bertz CT molecular complexity index is 1480. The number of rotatable bonds is 7. The Hall–Kier alpha value is -3.88. The van der Waals surface area contributed by atoms with Gasteiger partial charge >= 0.3 is 0 Å². The van der Waals surface area contributed by atoms with Crippen LogP contribution in [0.3, 0.4) is 0 Å². The number of methoxy groups -OCH3 is 2. The highest BCUT2D eigenvalue weighted by atomic mass is 32.2. The maximum Gasteiger partial charge on any atom is 0.266 e. The van der Waals surface area contributed by atoms with E-state index in [9.17, 15) is 4.79 Å². The topological polar surface area (TPSA) is 56.6 Å². The first-order valence-corrected chi connectivity index (χ1v) is 12.9. The molecule has 0 aliphatic carbocycles. The van der Waals surface area contributed by atoms with Crippen molar-refractivity contribution in [2.75, 3.05) is 14.2 Å². The van der Waals surface area contributed by atoms with Gasteiger partial charge < -0.3 is 9.47 Å². The molecule has 5 rings (SSSR count). The molecule has 3 aromatic carbocycles. The van der Waals surface area contributed by atoms with Gasteiger partial charge in [0.15, 0.2) is 11.5 Å². The highest BCUT2D eigenvalue weighted by Crippen LogP contribution is 2.40. The van der Waals surface area contributed by atoms with E-state index in [1.807, 2.05) is 103 Å². The maximum absolute atomic E-state index is 13.5. The minimum absolute atomic E-state index is 0.114. The van der Waals surface area contributed by atoms with Crippen LogP contribution < -0.4 is 9.47 Å². The number of hydrogen-bond donors (Lipinski definition) is 0. The summed E-state index contributed by atoms with van der Waals surface area (Å²) in [5.41, 5.74) is 4.29. The highest BCUT2D eigenvalue weighted by Gasteiger charge is 2.36. The Kier molecular flexibility index (Phi) is 7.12. The maximum atomic E-state index is 13.5. The van der Waals surface area contributed by atoms with Gasteiger partial charge in [0, 0.05) is 17.3 Å². The second-order valence-corrected chi connectivity index (χ2v) is 10.1. The van der Waals surface area contributed by atoms with Crippen molar-refractivity contribution in [3.63, 3.8) is 0 Å². The van der Waals surface area contributed by atoms with Crippen molar-refractivity contribution < 1.29 is 14.3 Å². The van der Waals surface area contributed by atoms with Crippen LogP contribution in [0.2, 0.25) is 0 Å². The molecule has 0 radical (unpaired) electrons. The van der Waals surface area contributed by atoms with Crippen molar-refractivity contribution in [1.29, 1.82) is 0 Å². The van der Waals surface area contributed by atoms with E-state index in [1.54, 1.807) is 19.1 Å². The monoisotopic (exact) mass is 527 g/mol. The van der Waals surface area contributed by atoms with Crippen LogP contribution in [0.25, 0.3) is 23.0 Å². The lowest BCUT2D eigenvalue weighted by molar-refractivity contribution is -0.123. The smallest absolute Gasteiger partial charge is 0.266 e. The summed E-state index contributed by atoms with van der Waals surface area (Å²) in [6.07, 6.45) is 3.80. The molecule has 1 aliphatic rings. The normalized spacial score (nSPS) is 15.3. The molecule has 0 bridgehead atoms. The molecule has 0 unspecified atom stereocenters. The van der Waals surface area contributed by atoms with Crippen LogP contribution in [0.1, 0.15) is 24.1 Å². The van der Waals surface area contributed by atoms with Crippen LogP contribution >= 0.6 is 24.0 Å². The van der Waals surface area contributed by atoms with Gasteiger partial charge in [-0.2, -0.15) is 5.10 Å². The lowest BCUT2D eigenvalue weighted by Gasteiger charge is -2.23. The molecule has 4 aromatic rings. The van der Waals surface area contributed by atoms with Gasteiger partial charge in [-0.3, -0.25) is 9.69 Å². The fourth-order valence-corrected chi connectivity index (χ4v) is 5.66. The van der Waals surface area contributed by atoms with Crippen molar-refractivity contribution in [1.82, 2.24) is 14.7 Å². The molecule has 186 valence electrons. The third-order valence-electron chi connectivity index (χ3n) is 6.20. The van der Waals surface area contributed by atoms with Gasteiger partial charge in [-0.1, -0.05) is 72.5 Å². The zero-order valence-electron chi connectivity index (χ0n) is 20.6. The number of benzene rings is 3. The van der Waals surface area contributed by atoms with Crippen molar-refractivity contribution in [2.45, 2.75) is 13.0 Å². The number of thiocarbonyl (C=S) groups is 1. The molecule has 1 atom stereocenters. The average molecular weight is 528 g/mol. The van der Waals surface area contributed by atoms with Crippen molar-refractivity contribution >= 4 is 40.3 Å². The second-order valence-electron chi connectivity index (χ2n) is 8.42. The molecule has 1 amide bonds. The number of carbonyl (C=O) groups excluding carboxylic acids is 1. The van der Waals surface area contributed by atoms with Gasteiger partial charge in [0.1, 0.15) is 10.0 Å². The molecule has 0 saturated carbocycles. The first kappa shape index (κ1) is 24.8. The van der Waals surface area contributed by atoms with E-state index in [2.05, 4.69) is 0 Å². The quantitative estimate of drug-likeness (QED) is 0.202. The molecular weight excluding hydrogens is 502 g/mol. The third kappa shape index (κ3) is 4.90. The van der Waals surface area contributed by atoms with E-state index in [0.717, 1.165) is 22.4 Å². The lowest BCUT2D eigenvalue weighted by Crippen LogP contribution is -2.30. The van der Waals surface area contributed by atoms with Crippen LogP contribution in [0.5, 0.6) is 11.5 Å². The Balaban J connectivity index is 1.57. The summed E-state index contributed by atoms with van der Waals surface area (Å²) in [4.78, 5) is 15.8. The minimum atomic E-state index is -0.169. The molecule has 0 N–H and O–H groups in total. The number of nitrogens with zero attached hydrogens (tertiary/aromatic N) is 3. The SMILES string of the molecule is COc1ccc(-c2nn(-c3ccccc3)cc2/C=C2\SC(=S)N([C@H](C)c3ccccc3)C2=O)cc1OC. The number of hydrogen-bond acceptors (Lipinski definition) is 6. The Labute approximate surface area is 225 Å². The molecular formula is C29H25N3O3S2. The summed E-state index contributed by atoms with van der Waals surface area (Å²) in [5, 5.41) is 4.88. The van der Waals surface area contributed by atoms with Crippen LogP contribution in [0, 0.1) is 0 Å². The average Bonchev–Trinajstić information content (AvgIpc) is 3.48. The van der Waals surface area contributed by atoms with E-state index in [0.29, 0.717) is 26.4 Å². The van der Waals surface area contributed by atoms with E-state index >= 15 is 0 Å². The largest absolute Gasteiger partial charge is 0.493 e. The number of para-hydroxylation sites is 1. The second kappa shape index (κ2) is 10.6. The molecule has 37 heavy (non-hydrogen) atoms. The van der Waals surface area contributed by atoms with Crippen molar-refractivity contribution in [2.24, 2.45) is 0 Å². The molecule has 1 aliphatic heterocycles. The highest BCUT2D eigenvalue weighted by molar-refractivity contribution is 8.26. The van der Waals surface area contributed by atoms with Gasteiger partial charge in [-0.25, -0.2) is 4.68 Å². The minimum Gasteiger partial charge on any atom is -0.493 e. The van der Waals surface area contributed by atoms with Gasteiger partial charge in [0.2, 0.25) is 0 Å². The molecule has 0 spiro atoms. The lowest BCUT2D eigenvalue weighted by atomic mass is 10.1. The van der Waals surface area contributed by atoms with Crippen LogP contribution in [-0.2, 0) is 4.79 Å². The predicted molar refractivity (Wildman–Crippen MR) is 152 cm³/mol. The van der Waals surface area contributed by atoms with Gasteiger partial charge in [0.25, 0.3) is 5.91 Å². The van der Waals surface area contributed by atoms with Gasteiger partial charge in [-0.05, 0) is 48.9 Å². The molecule has 1 saturated heterocycles. The standard InChI is InChI=1S/C29H25N3O3S2/c1-19(20-10-6-4-7-11-20)32-28(33)26(37-29(32)36)17-22-18-31(23-12-8-5-9-13-23)30-27(22)21-14-15-24(34-2)25(16-21)35-3/h4-19H,1-3H3/b26-17-/t19-/m1/s1. The van der Waals surface area contributed by atoms with Gasteiger partial charge in [-0.15, -0.1) is 0 Å². The van der Waals surface area contributed by atoms with Crippen LogP contribution in [-0.4, -0.2) is 39.1 Å². The summed E-state index contributed by atoms with van der Waals surface area (Å²) < 4.78 is 13.3.